The largest absolute Gasteiger partial charge is 0.459 e. The number of hydrogen-bond donors (Lipinski definition) is 2. The lowest BCUT2D eigenvalue weighted by Crippen LogP contribution is -2.46. The Bertz CT molecular complexity index is 853. The van der Waals surface area contributed by atoms with Gasteiger partial charge in [-0.15, -0.1) is 0 Å². The summed E-state index contributed by atoms with van der Waals surface area (Å²) in [5, 5.41) is 6.85. The molecule has 1 saturated heterocycles. The number of fused-ring (bicyclic) bond motifs is 1. The van der Waals surface area contributed by atoms with E-state index in [0.717, 1.165) is 55.1 Å². The molecule has 0 unspecified atom stereocenters. The van der Waals surface area contributed by atoms with E-state index in [1.165, 1.54) is 12.1 Å². The number of carbonyl (C=O) groups excluding carboxylic acids is 1. The van der Waals surface area contributed by atoms with Crippen molar-refractivity contribution in [3.63, 3.8) is 0 Å². The number of furan rings is 1. The highest BCUT2D eigenvalue weighted by Gasteiger charge is 2.23. The molecule has 2 aromatic rings. The maximum absolute atomic E-state index is 13.5. The highest BCUT2D eigenvalue weighted by Crippen LogP contribution is 2.27. The molecule has 1 aromatic carbocycles. The van der Waals surface area contributed by atoms with Gasteiger partial charge in [0, 0.05) is 44.1 Å². The molecule has 0 radical (unpaired) electrons. The summed E-state index contributed by atoms with van der Waals surface area (Å²) >= 11 is 0. The predicted octanol–water partition coefficient (Wildman–Crippen LogP) is 3.19. The van der Waals surface area contributed by atoms with Gasteiger partial charge in [0.15, 0.2) is 5.96 Å². The minimum atomic E-state index is -0.264. The van der Waals surface area contributed by atoms with Gasteiger partial charge in [-0.25, -0.2) is 9.38 Å². The lowest BCUT2D eigenvalue weighted by atomic mass is 9.93. The van der Waals surface area contributed by atoms with Crippen LogP contribution < -0.4 is 10.6 Å². The molecule has 0 spiro atoms. The van der Waals surface area contributed by atoms with Crippen LogP contribution in [0, 0.1) is 18.7 Å². The number of amides is 1. The molecule has 2 N–H and O–H groups in total. The van der Waals surface area contributed by atoms with E-state index >= 15 is 0 Å². The van der Waals surface area contributed by atoms with Gasteiger partial charge in [0.1, 0.15) is 23.7 Å². The van der Waals surface area contributed by atoms with E-state index < -0.39 is 0 Å². The van der Waals surface area contributed by atoms with Crippen LogP contribution >= 0.6 is 0 Å². The molecule has 0 bridgehead atoms. The first-order valence-corrected chi connectivity index (χ1v) is 9.93. The molecule has 0 aliphatic carbocycles. The van der Waals surface area contributed by atoms with E-state index in [1.807, 2.05) is 13.8 Å². The number of benzene rings is 1. The Balaban J connectivity index is 1.68. The first-order valence-electron chi connectivity index (χ1n) is 9.93. The lowest BCUT2D eigenvalue weighted by molar-refractivity contribution is -0.121. The minimum absolute atomic E-state index is 0.107. The first-order chi connectivity index (χ1) is 13.5. The third-order valence-corrected chi connectivity index (χ3v) is 5.37. The number of carbonyl (C=O) groups is 1. The van der Waals surface area contributed by atoms with Crippen LogP contribution in [0.4, 0.5) is 4.39 Å². The van der Waals surface area contributed by atoms with Crippen LogP contribution in [0.1, 0.15) is 37.5 Å². The molecule has 1 amide bonds. The Morgan fingerprint density at radius 3 is 2.79 bits per heavy atom. The highest BCUT2D eigenvalue weighted by atomic mass is 19.1. The zero-order valence-electron chi connectivity index (χ0n) is 16.8. The monoisotopic (exact) mass is 388 g/mol. The van der Waals surface area contributed by atoms with Gasteiger partial charge in [0.05, 0.1) is 0 Å². The molecule has 1 aliphatic rings. The average molecular weight is 388 g/mol. The fourth-order valence-corrected chi connectivity index (χ4v) is 3.68. The number of piperidine rings is 1. The molecule has 7 heteroatoms. The number of guanidine groups is 1. The van der Waals surface area contributed by atoms with Crippen LogP contribution in [0.3, 0.4) is 0 Å². The minimum Gasteiger partial charge on any atom is -0.459 e. The summed E-state index contributed by atoms with van der Waals surface area (Å²) in [5.41, 5.74) is 1.61. The van der Waals surface area contributed by atoms with Crippen LogP contribution in [-0.4, -0.2) is 43.4 Å². The van der Waals surface area contributed by atoms with Gasteiger partial charge in [0.2, 0.25) is 5.91 Å². The molecular weight excluding hydrogens is 359 g/mol. The molecule has 1 aromatic heterocycles. The highest BCUT2D eigenvalue weighted by molar-refractivity contribution is 5.83. The average Bonchev–Trinajstić information content (AvgIpc) is 3.01. The summed E-state index contributed by atoms with van der Waals surface area (Å²) in [6.07, 6.45) is 2.54. The van der Waals surface area contributed by atoms with Crippen molar-refractivity contribution in [3.8, 4) is 0 Å². The number of likely N-dealkylation sites (tertiary alicyclic amines) is 1. The second-order valence-corrected chi connectivity index (χ2v) is 7.27. The Labute approximate surface area is 165 Å². The standard InChI is InChI=1S/C21H29FN4O2/c1-4-24-21(26-9-7-15(8-10-26)11-20(27)23-3)25-13-19-14(2)17-12-16(22)5-6-18(17)28-19/h5-6,12,15H,4,7-11,13H2,1-3H3,(H,23,27)(H,24,25). The Hall–Kier alpha value is -2.57. The molecule has 2 heterocycles. The molecular formula is C21H29FN4O2. The van der Waals surface area contributed by atoms with Crippen molar-refractivity contribution in [1.82, 2.24) is 15.5 Å². The molecule has 0 atom stereocenters. The summed E-state index contributed by atoms with van der Waals surface area (Å²) in [7, 11) is 1.68. The molecule has 28 heavy (non-hydrogen) atoms. The quantitative estimate of drug-likeness (QED) is 0.610. The molecule has 6 nitrogen and oxygen atoms in total. The zero-order chi connectivity index (χ0) is 20.1. The normalized spacial score (nSPS) is 15.9. The van der Waals surface area contributed by atoms with E-state index in [-0.39, 0.29) is 11.7 Å². The number of nitrogens with one attached hydrogen (secondary N) is 2. The predicted molar refractivity (Wildman–Crippen MR) is 109 cm³/mol. The van der Waals surface area contributed by atoms with Crippen molar-refractivity contribution in [1.29, 1.82) is 0 Å². The number of aryl methyl sites for hydroxylation is 1. The molecule has 1 fully saturated rings. The molecule has 152 valence electrons. The summed E-state index contributed by atoms with van der Waals surface area (Å²) in [6, 6.07) is 4.57. The van der Waals surface area contributed by atoms with Crippen LogP contribution in [-0.2, 0) is 11.3 Å². The second kappa shape index (κ2) is 9.08. The summed E-state index contributed by atoms with van der Waals surface area (Å²) < 4.78 is 19.4. The van der Waals surface area contributed by atoms with Crippen molar-refractivity contribution in [2.24, 2.45) is 10.9 Å². The smallest absolute Gasteiger partial charge is 0.220 e. The maximum Gasteiger partial charge on any atom is 0.220 e. The molecule has 3 rings (SSSR count). The van der Waals surface area contributed by atoms with Crippen LogP contribution in [0.5, 0.6) is 0 Å². The van der Waals surface area contributed by atoms with Gasteiger partial charge in [0.25, 0.3) is 0 Å². The van der Waals surface area contributed by atoms with E-state index in [1.54, 1.807) is 13.1 Å². The van der Waals surface area contributed by atoms with Crippen molar-refractivity contribution in [2.45, 2.75) is 39.7 Å². The third-order valence-electron chi connectivity index (χ3n) is 5.37. The number of halogens is 1. The van der Waals surface area contributed by atoms with Gasteiger partial charge >= 0.3 is 0 Å². The van der Waals surface area contributed by atoms with E-state index in [9.17, 15) is 9.18 Å². The maximum atomic E-state index is 13.5. The Morgan fingerprint density at radius 2 is 2.11 bits per heavy atom. The van der Waals surface area contributed by atoms with Crippen molar-refractivity contribution in [2.75, 3.05) is 26.7 Å². The Kier molecular flexibility index (Phi) is 6.54. The third kappa shape index (κ3) is 4.64. The van der Waals surface area contributed by atoms with E-state index in [4.69, 9.17) is 9.41 Å². The van der Waals surface area contributed by atoms with Crippen molar-refractivity contribution < 1.29 is 13.6 Å². The zero-order valence-corrected chi connectivity index (χ0v) is 16.8. The summed E-state index contributed by atoms with van der Waals surface area (Å²) in [4.78, 5) is 18.6. The van der Waals surface area contributed by atoms with Crippen LogP contribution in [0.15, 0.2) is 27.6 Å². The van der Waals surface area contributed by atoms with Crippen LogP contribution in [0.2, 0.25) is 0 Å². The summed E-state index contributed by atoms with van der Waals surface area (Å²) in [5.74, 6) is 1.87. The molecule has 0 saturated carbocycles. The van der Waals surface area contributed by atoms with Crippen molar-refractivity contribution in [3.05, 3.63) is 35.3 Å². The fraction of sp³-hybridized carbons (Fsp3) is 0.524. The number of hydrogen-bond acceptors (Lipinski definition) is 3. The van der Waals surface area contributed by atoms with Crippen molar-refractivity contribution >= 4 is 22.8 Å². The SMILES string of the molecule is CCNC(=NCc1oc2ccc(F)cc2c1C)N1CCC(CC(=O)NC)CC1. The number of nitrogens with zero attached hydrogens (tertiary/aromatic N) is 2. The fourth-order valence-electron chi connectivity index (χ4n) is 3.68. The van der Waals surface area contributed by atoms with Gasteiger partial charge in [-0.3, -0.25) is 4.79 Å². The van der Waals surface area contributed by atoms with Gasteiger partial charge in [-0.05, 0) is 50.8 Å². The van der Waals surface area contributed by atoms with Gasteiger partial charge in [-0.2, -0.15) is 0 Å². The lowest BCUT2D eigenvalue weighted by Gasteiger charge is -2.34. The summed E-state index contributed by atoms with van der Waals surface area (Å²) in [6.45, 7) is 6.91. The topological polar surface area (TPSA) is 69.9 Å². The van der Waals surface area contributed by atoms with Gasteiger partial charge < -0.3 is 20.0 Å². The Morgan fingerprint density at radius 1 is 1.36 bits per heavy atom. The second-order valence-electron chi connectivity index (χ2n) is 7.27. The van der Waals surface area contributed by atoms with Gasteiger partial charge in [-0.1, -0.05) is 0 Å². The van der Waals surface area contributed by atoms with E-state index in [0.29, 0.717) is 24.5 Å². The number of aliphatic imine (C=N–C) groups is 1. The number of rotatable bonds is 5. The van der Waals surface area contributed by atoms with E-state index in [2.05, 4.69) is 15.5 Å². The van der Waals surface area contributed by atoms with Crippen LogP contribution in [0.25, 0.3) is 11.0 Å². The first kappa shape index (κ1) is 20.2. The molecule has 1 aliphatic heterocycles.